The third-order valence-corrected chi connectivity index (χ3v) is 4.20. The Morgan fingerprint density at radius 2 is 2.17 bits per heavy atom. The normalized spacial score (nSPS) is 20.1. The van der Waals surface area contributed by atoms with Crippen LogP contribution in [0.15, 0.2) is 43.0 Å². The minimum Gasteiger partial charge on any atom is -0.337 e. The molecule has 1 unspecified atom stereocenters. The Balaban J connectivity index is 1.74. The molecule has 0 spiro atoms. The van der Waals surface area contributed by atoms with Crippen LogP contribution in [-0.4, -0.2) is 32.9 Å². The van der Waals surface area contributed by atoms with E-state index in [1.807, 2.05) is 16.8 Å². The van der Waals surface area contributed by atoms with Gasteiger partial charge in [0.25, 0.3) is 5.91 Å². The molecule has 122 valence electrons. The van der Waals surface area contributed by atoms with Gasteiger partial charge >= 0.3 is 6.03 Å². The van der Waals surface area contributed by atoms with E-state index in [-0.39, 0.29) is 5.91 Å². The number of aryl methyl sites for hydroxylation is 1. The highest BCUT2D eigenvalue weighted by Gasteiger charge is 2.48. The fourth-order valence-corrected chi connectivity index (χ4v) is 2.83. The Hall–Kier alpha value is -3.14. The van der Waals surface area contributed by atoms with Crippen LogP contribution in [0, 0.1) is 11.3 Å². The average Bonchev–Trinajstić information content (AvgIpc) is 3.18. The first-order chi connectivity index (χ1) is 11.5. The summed E-state index contributed by atoms with van der Waals surface area (Å²) in [5.41, 5.74) is -0.0785. The van der Waals surface area contributed by atoms with Gasteiger partial charge < -0.3 is 9.88 Å². The van der Waals surface area contributed by atoms with Gasteiger partial charge in [0.1, 0.15) is 5.54 Å². The molecule has 7 heteroatoms. The Kier molecular flexibility index (Phi) is 4.04. The molecule has 0 aliphatic carbocycles. The highest BCUT2D eigenvalue weighted by molar-refractivity contribution is 6.07. The fraction of sp³-hybridized carbons (Fsp3) is 0.294. The van der Waals surface area contributed by atoms with Gasteiger partial charge in [-0.05, 0) is 31.0 Å². The molecule has 1 N–H and O–H groups in total. The van der Waals surface area contributed by atoms with Gasteiger partial charge in [-0.3, -0.25) is 9.69 Å². The number of imidazole rings is 1. The maximum atomic E-state index is 12.8. The van der Waals surface area contributed by atoms with Crippen molar-refractivity contribution in [2.45, 2.75) is 25.4 Å². The molecule has 3 amide bonds. The quantitative estimate of drug-likeness (QED) is 0.846. The van der Waals surface area contributed by atoms with Crippen molar-refractivity contribution in [2.24, 2.45) is 0 Å². The first kappa shape index (κ1) is 15.7. The second kappa shape index (κ2) is 6.16. The maximum Gasteiger partial charge on any atom is 0.325 e. The summed E-state index contributed by atoms with van der Waals surface area (Å²) in [6.45, 7) is 2.67. The Morgan fingerprint density at radius 3 is 2.88 bits per heavy atom. The number of urea groups is 1. The van der Waals surface area contributed by atoms with Crippen LogP contribution in [0.2, 0.25) is 0 Å². The van der Waals surface area contributed by atoms with Gasteiger partial charge in [0.15, 0.2) is 0 Å². The monoisotopic (exact) mass is 323 g/mol. The number of hydrogen-bond donors (Lipinski definition) is 1. The van der Waals surface area contributed by atoms with E-state index in [1.54, 1.807) is 43.7 Å². The number of aromatic nitrogens is 2. The molecule has 1 aliphatic rings. The minimum absolute atomic E-state index is 0.298. The number of benzene rings is 1. The van der Waals surface area contributed by atoms with E-state index in [2.05, 4.69) is 10.3 Å². The van der Waals surface area contributed by atoms with Crippen molar-refractivity contribution in [3.63, 3.8) is 0 Å². The van der Waals surface area contributed by atoms with Crippen molar-refractivity contribution in [3.05, 3.63) is 54.1 Å². The standard InChI is InChI=1S/C17H17N5O2/c1-17(14-5-2-4-13(10-14)11-18)15(23)22(16(24)20-17)8-3-7-21-9-6-19-12-21/h2,4-6,9-10,12H,3,7-8H2,1H3,(H,20,24). The van der Waals surface area contributed by atoms with Crippen LogP contribution in [0.4, 0.5) is 4.79 Å². The molecule has 3 rings (SSSR count). The summed E-state index contributed by atoms with van der Waals surface area (Å²) in [4.78, 5) is 30.2. The number of hydrogen-bond acceptors (Lipinski definition) is 4. The fourth-order valence-electron chi connectivity index (χ4n) is 2.83. The van der Waals surface area contributed by atoms with E-state index in [0.29, 0.717) is 30.6 Å². The van der Waals surface area contributed by atoms with E-state index in [1.165, 1.54) is 4.90 Å². The predicted octanol–water partition coefficient (Wildman–Crippen LogP) is 1.61. The largest absolute Gasteiger partial charge is 0.337 e. The molecule has 1 aromatic heterocycles. The molecule has 0 saturated carbocycles. The van der Waals surface area contributed by atoms with Crippen LogP contribution in [-0.2, 0) is 16.9 Å². The minimum atomic E-state index is -1.14. The molecule has 24 heavy (non-hydrogen) atoms. The Labute approximate surface area is 139 Å². The molecule has 2 aromatic rings. The van der Waals surface area contributed by atoms with Crippen molar-refractivity contribution in [3.8, 4) is 6.07 Å². The molecule has 0 radical (unpaired) electrons. The number of nitrogens with zero attached hydrogens (tertiary/aromatic N) is 4. The number of rotatable bonds is 5. The highest BCUT2D eigenvalue weighted by Crippen LogP contribution is 2.29. The first-order valence-corrected chi connectivity index (χ1v) is 7.65. The Bertz CT molecular complexity index is 809. The van der Waals surface area contributed by atoms with Crippen molar-refractivity contribution in [1.82, 2.24) is 19.8 Å². The molecule has 1 fully saturated rings. The third-order valence-electron chi connectivity index (χ3n) is 4.20. The topological polar surface area (TPSA) is 91.0 Å². The number of imide groups is 1. The highest BCUT2D eigenvalue weighted by atomic mass is 16.2. The lowest BCUT2D eigenvalue weighted by Gasteiger charge is -2.22. The molecule has 1 aromatic carbocycles. The van der Waals surface area contributed by atoms with Gasteiger partial charge in [-0.1, -0.05) is 12.1 Å². The van der Waals surface area contributed by atoms with E-state index >= 15 is 0 Å². The second-order valence-electron chi connectivity index (χ2n) is 5.86. The van der Waals surface area contributed by atoms with Crippen LogP contribution in [0.1, 0.15) is 24.5 Å². The zero-order valence-electron chi connectivity index (χ0n) is 13.3. The first-order valence-electron chi connectivity index (χ1n) is 7.65. The van der Waals surface area contributed by atoms with E-state index < -0.39 is 11.6 Å². The van der Waals surface area contributed by atoms with E-state index in [4.69, 9.17) is 5.26 Å². The van der Waals surface area contributed by atoms with Crippen molar-refractivity contribution in [1.29, 1.82) is 5.26 Å². The average molecular weight is 323 g/mol. The Morgan fingerprint density at radius 1 is 1.33 bits per heavy atom. The maximum absolute atomic E-state index is 12.8. The number of carbonyl (C=O) groups excluding carboxylic acids is 2. The lowest BCUT2D eigenvalue weighted by atomic mass is 9.91. The van der Waals surface area contributed by atoms with Crippen LogP contribution < -0.4 is 5.32 Å². The summed E-state index contributed by atoms with van der Waals surface area (Å²) < 4.78 is 1.90. The van der Waals surface area contributed by atoms with Gasteiger partial charge in [0, 0.05) is 25.5 Å². The lowest BCUT2D eigenvalue weighted by Crippen LogP contribution is -2.41. The van der Waals surface area contributed by atoms with Crippen LogP contribution in [0.25, 0.3) is 0 Å². The van der Waals surface area contributed by atoms with E-state index in [9.17, 15) is 9.59 Å². The predicted molar refractivity (Wildman–Crippen MR) is 85.6 cm³/mol. The van der Waals surface area contributed by atoms with Crippen LogP contribution in [0.5, 0.6) is 0 Å². The molecular weight excluding hydrogens is 306 g/mol. The van der Waals surface area contributed by atoms with Gasteiger partial charge in [-0.15, -0.1) is 0 Å². The molecule has 0 bridgehead atoms. The van der Waals surface area contributed by atoms with Crippen molar-refractivity contribution < 1.29 is 9.59 Å². The number of nitriles is 1. The summed E-state index contributed by atoms with van der Waals surface area (Å²) in [5, 5.41) is 11.8. The summed E-state index contributed by atoms with van der Waals surface area (Å²) >= 11 is 0. The summed E-state index contributed by atoms with van der Waals surface area (Å²) in [6, 6.07) is 8.39. The second-order valence-corrected chi connectivity index (χ2v) is 5.86. The lowest BCUT2D eigenvalue weighted by molar-refractivity contribution is -0.131. The SMILES string of the molecule is CC1(c2cccc(C#N)c2)NC(=O)N(CCCn2ccnc2)C1=O. The smallest absolute Gasteiger partial charge is 0.325 e. The van der Waals surface area contributed by atoms with Crippen LogP contribution in [0.3, 0.4) is 0 Å². The molecule has 1 saturated heterocycles. The van der Waals surface area contributed by atoms with Gasteiger partial charge in [-0.2, -0.15) is 5.26 Å². The molecular formula is C17H17N5O2. The molecule has 1 aliphatic heterocycles. The van der Waals surface area contributed by atoms with Gasteiger partial charge in [0.2, 0.25) is 0 Å². The zero-order valence-corrected chi connectivity index (χ0v) is 13.3. The summed E-state index contributed by atoms with van der Waals surface area (Å²) in [6.07, 6.45) is 5.86. The molecule has 1 atom stereocenters. The number of amides is 3. The summed E-state index contributed by atoms with van der Waals surface area (Å²) in [7, 11) is 0. The van der Waals surface area contributed by atoms with Crippen molar-refractivity contribution in [2.75, 3.05) is 6.54 Å². The number of carbonyl (C=O) groups is 2. The third kappa shape index (κ3) is 2.74. The number of nitrogens with one attached hydrogen (secondary N) is 1. The molecule has 7 nitrogen and oxygen atoms in total. The van der Waals surface area contributed by atoms with E-state index in [0.717, 1.165) is 0 Å². The van der Waals surface area contributed by atoms with Gasteiger partial charge in [0.05, 0.1) is 18.0 Å². The van der Waals surface area contributed by atoms with Crippen molar-refractivity contribution >= 4 is 11.9 Å². The zero-order chi connectivity index (χ0) is 17.2. The van der Waals surface area contributed by atoms with Gasteiger partial charge in [-0.25, -0.2) is 9.78 Å². The summed E-state index contributed by atoms with van der Waals surface area (Å²) in [5.74, 6) is -0.298. The molecule has 2 heterocycles. The van der Waals surface area contributed by atoms with Crippen LogP contribution >= 0.6 is 0 Å².